The van der Waals surface area contributed by atoms with E-state index in [9.17, 15) is 9.59 Å². The Labute approximate surface area is 152 Å². The number of hydrogen-bond acceptors (Lipinski definition) is 5. The van der Waals surface area contributed by atoms with E-state index in [1.807, 2.05) is 54.6 Å². The molecule has 2 aromatic rings. The minimum atomic E-state index is -0.787. The molecule has 0 amide bonds. The summed E-state index contributed by atoms with van der Waals surface area (Å²) in [6.07, 6.45) is -0.470. The summed E-state index contributed by atoms with van der Waals surface area (Å²) in [7, 11) is 1.61. The van der Waals surface area contributed by atoms with Crippen molar-refractivity contribution in [3.63, 3.8) is 0 Å². The molecule has 5 heteroatoms. The molecule has 0 radical (unpaired) electrons. The average Bonchev–Trinajstić information content (AvgIpc) is 2.99. The molecule has 5 nitrogen and oxygen atoms in total. The minimum absolute atomic E-state index is 0.191. The van der Waals surface area contributed by atoms with Crippen molar-refractivity contribution in [3.05, 3.63) is 65.7 Å². The molecule has 26 heavy (non-hydrogen) atoms. The van der Waals surface area contributed by atoms with Crippen LogP contribution in [0.15, 0.2) is 54.6 Å². The molecule has 1 aliphatic heterocycles. The van der Waals surface area contributed by atoms with Crippen LogP contribution in [-0.4, -0.2) is 25.5 Å². The highest BCUT2D eigenvalue weighted by atomic mass is 16.6. The van der Waals surface area contributed by atoms with Gasteiger partial charge in [-0.25, -0.2) is 0 Å². The molecular weight excluding hydrogens is 332 g/mol. The predicted molar refractivity (Wildman–Crippen MR) is 95.6 cm³/mol. The van der Waals surface area contributed by atoms with Crippen molar-refractivity contribution in [1.82, 2.24) is 0 Å². The second-order valence-corrected chi connectivity index (χ2v) is 6.39. The summed E-state index contributed by atoms with van der Waals surface area (Å²) in [5.74, 6) is -1.03. The molecular formula is C21H22O5. The zero-order valence-electron chi connectivity index (χ0n) is 14.9. The van der Waals surface area contributed by atoms with Gasteiger partial charge in [-0.2, -0.15) is 0 Å². The fourth-order valence-electron chi connectivity index (χ4n) is 3.32. The van der Waals surface area contributed by atoms with Crippen LogP contribution in [0.25, 0.3) is 0 Å². The number of carbonyl (C=O) groups excluding carboxylic acids is 2. The van der Waals surface area contributed by atoms with E-state index in [1.165, 1.54) is 6.92 Å². The van der Waals surface area contributed by atoms with Gasteiger partial charge in [0.05, 0.1) is 20.3 Å². The van der Waals surface area contributed by atoms with E-state index in [1.54, 1.807) is 7.11 Å². The van der Waals surface area contributed by atoms with Gasteiger partial charge < -0.3 is 14.2 Å². The Balaban J connectivity index is 1.72. The second kappa shape index (κ2) is 8.15. The van der Waals surface area contributed by atoms with Crippen molar-refractivity contribution < 1.29 is 23.8 Å². The summed E-state index contributed by atoms with van der Waals surface area (Å²) >= 11 is 0. The number of methoxy groups -OCH3 is 1. The molecule has 0 bridgehead atoms. The van der Waals surface area contributed by atoms with Crippen molar-refractivity contribution in [2.45, 2.75) is 19.6 Å². The summed E-state index contributed by atoms with van der Waals surface area (Å²) in [5.41, 5.74) is 1.84. The first-order chi connectivity index (χ1) is 12.6. The smallest absolute Gasteiger partial charge is 0.317 e. The molecule has 1 unspecified atom stereocenters. The average molecular weight is 354 g/mol. The van der Waals surface area contributed by atoms with E-state index in [4.69, 9.17) is 14.2 Å². The number of carbonyl (C=O) groups is 2. The van der Waals surface area contributed by atoms with Gasteiger partial charge in [0, 0.05) is 5.92 Å². The van der Waals surface area contributed by atoms with Crippen LogP contribution in [-0.2, 0) is 25.7 Å². The first-order valence-corrected chi connectivity index (χ1v) is 8.56. The topological polar surface area (TPSA) is 61.8 Å². The summed E-state index contributed by atoms with van der Waals surface area (Å²) in [6.45, 7) is 2.05. The lowest BCUT2D eigenvalue weighted by Gasteiger charge is -2.20. The molecule has 0 saturated carbocycles. The van der Waals surface area contributed by atoms with Crippen LogP contribution < -0.4 is 4.74 Å². The molecule has 1 saturated heterocycles. The molecule has 1 heterocycles. The van der Waals surface area contributed by atoms with Gasteiger partial charge >= 0.3 is 5.97 Å². The van der Waals surface area contributed by atoms with Gasteiger partial charge in [0.1, 0.15) is 23.6 Å². The van der Waals surface area contributed by atoms with E-state index in [2.05, 4.69) is 0 Å². The van der Waals surface area contributed by atoms with Gasteiger partial charge in [0.2, 0.25) is 0 Å². The Kier molecular flexibility index (Phi) is 5.68. The van der Waals surface area contributed by atoms with Gasteiger partial charge in [-0.15, -0.1) is 0 Å². The molecule has 0 aromatic heterocycles. The Morgan fingerprint density at radius 3 is 2.58 bits per heavy atom. The van der Waals surface area contributed by atoms with Crippen molar-refractivity contribution in [2.24, 2.45) is 11.8 Å². The van der Waals surface area contributed by atoms with Crippen LogP contribution in [0.5, 0.6) is 5.75 Å². The molecule has 1 aliphatic rings. The number of benzene rings is 2. The molecule has 2 aromatic carbocycles. The highest BCUT2D eigenvalue weighted by Crippen LogP contribution is 2.40. The summed E-state index contributed by atoms with van der Waals surface area (Å²) < 4.78 is 16.6. The van der Waals surface area contributed by atoms with E-state index >= 15 is 0 Å². The lowest BCUT2D eigenvalue weighted by molar-refractivity contribution is -0.146. The van der Waals surface area contributed by atoms with Gasteiger partial charge in [-0.05, 0) is 30.2 Å². The van der Waals surface area contributed by atoms with Crippen molar-refractivity contribution in [3.8, 4) is 5.75 Å². The maximum absolute atomic E-state index is 12.2. The number of cyclic esters (lactones) is 1. The maximum Gasteiger partial charge on any atom is 0.317 e. The normalized spacial score (nSPS) is 22.1. The maximum atomic E-state index is 12.2. The predicted octanol–water partition coefficient (Wildman–Crippen LogP) is 3.33. The number of ether oxygens (including phenoxy) is 3. The first kappa shape index (κ1) is 18.1. The van der Waals surface area contributed by atoms with Crippen LogP contribution in [0, 0.1) is 11.8 Å². The number of rotatable bonds is 7. The fraction of sp³-hybridized carbons (Fsp3) is 0.333. The largest absolute Gasteiger partial charge is 0.497 e. The molecule has 0 spiro atoms. The fourth-order valence-corrected chi connectivity index (χ4v) is 3.32. The number of ketones is 1. The van der Waals surface area contributed by atoms with E-state index in [0.29, 0.717) is 6.61 Å². The molecule has 3 rings (SSSR count). The highest BCUT2D eigenvalue weighted by molar-refractivity contribution is 5.99. The van der Waals surface area contributed by atoms with Crippen LogP contribution >= 0.6 is 0 Å². The molecule has 0 N–H and O–H groups in total. The SMILES string of the molecule is COc1cccc(COC[C@H]2C(C(C)=O)C(=O)O[C@@H]2c2ccccc2)c1. The lowest BCUT2D eigenvalue weighted by Crippen LogP contribution is -2.27. The highest BCUT2D eigenvalue weighted by Gasteiger charge is 2.47. The zero-order valence-corrected chi connectivity index (χ0v) is 14.9. The zero-order chi connectivity index (χ0) is 18.5. The van der Waals surface area contributed by atoms with Crippen molar-refractivity contribution >= 4 is 11.8 Å². The monoisotopic (exact) mass is 354 g/mol. The summed E-state index contributed by atoms with van der Waals surface area (Å²) in [4.78, 5) is 24.2. The molecule has 1 fully saturated rings. The summed E-state index contributed by atoms with van der Waals surface area (Å²) in [6, 6.07) is 17.1. The number of Topliss-reactive ketones (excluding diaryl/α,β-unsaturated/α-hetero) is 1. The van der Waals surface area contributed by atoms with Gasteiger partial charge in [0.15, 0.2) is 0 Å². The molecule has 136 valence electrons. The second-order valence-electron chi connectivity index (χ2n) is 6.39. The molecule has 0 aliphatic carbocycles. The van der Waals surface area contributed by atoms with Crippen molar-refractivity contribution in [1.29, 1.82) is 0 Å². The summed E-state index contributed by atoms with van der Waals surface area (Å²) in [5, 5.41) is 0. The molecule has 3 atom stereocenters. The van der Waals surface area contributed by atoms with Crippen LogP contribution in [0.1, 0.15) is 24.2 Å². The third kappa shape index (κ3) is 3.94. The van der Waals surface area contributed by atoms with Crippen LogP contribution in [0.2, 0.25) is 0 Å². The van der Waals surface area contributed by atoms with Crippen LogP contribution in [0.3, 0.4) is 0 Å². The lowest BCUT2D eigenvalue weighted by atomic mass is 9.85. The minimum Gasteiger partial charge on any atom is -0.497 e. The standard InChI is InChI=1S/C21H22O5/c1-14(22)19-18(13-25-12-15-7-6-10-17(11-15)24-2)20(26-21(19)23)16-8-4-3-5-9-16/h3-11,18-20H,12-13H2,1-2H3/t18-,19?,20+/m0/s1. The third-order valence-corrected chi connectivity index (χ3v) is 4.59. The quantitative estimate of drug-likeness (QED) is 0.564. The van der Waals surface area contributed by atoms with Gasteiger partial charge in [-0.3, -0.25) is 9.59 Å². The van der Waals surface area contributed by atoms with Gasteiger partial charge in [0.25, 0.3) is 0 Å². The third-order valence-electron chi connectivity index (χ3n) is 4.59. The Morgan fingerprint density at radius 1 is 1.12 bits per heavy atom. The number of esters is 1. The first-order valence-electron chi connectivity index (χ1n) is 8.56. The Bertz CT molecular complexity index is 771. The number of hydrogen-bond donors (Lipinski definition) is 0. The van der Waals surface area contributed by atoms with Crippen LogP contribution in [0.4, 0.5) is 0 Å². The van der Waals surface area contributed by atoms with E-state index in [-0.39, 0.29) is 18.3 Å². The van der Waals surface area contributed by atoms with Gasteiger partial charge in [-0.1, -0.05) is 42.5 Å². The van der Waals surface area contributed by atoms with E-state index in [0.717, 1.165) is 16.9 Å². The van der Waals surface area contributed by atoms with Crippen molar-refractivity contribution in [2.75, 3.05) is 13.7 Å². The Morgan fingerprint density at radius 2 is 1.88 bits per heavy atom. The van der Waals surface area contributed by atoms with E-state index < -0.39 is 18.0 Å². The Hall–Kier alpha value is -2.66.